The number of aliphatic imine (C=N–C) groups is 1. The number of halogens is 1. The number of nitrogens with zero attached hydrogens (tertiary/aromatic N) is 4. The van der Waals surface area contributed by atoms with E-state index < -0.39 is 0 Å². The van der Waals surface area contributed by atoms with Gasteiger partial charge in [-0.15, -0.1) is 24.0 Å². The molecule has 0 spiro atoms. The molecule has 0 radical (unpaired) electrons. The van der Waals surface area contributed by atoms with Crippen LogP contribution in [0.4, 0.5) is 0 Å². The molecule has 1 N–H and O–H groups in total. The Morgan fingerprint density at radius 3 is 2.38 bits per heavy atom. The Hall–Kier alpha value is -0.120. The van der Waals surface area contributed by atoms with Crippen LogP contribution in [0, 0.1) is 11.8 Å². The molecule has 0 aromatic heterocycles. The van der Waals surface area contributed by atoms with Gasteiger partial charge in [-0.25, -0.2) is 0 Å². The van der Waals surface area contributed by atoms with Crippen LogP contribution in [0.2, 0.25) is 0 Å². The minimum Gasteiger partial charge on any atom is -0.383 e. The van der Waals surface area contributed by atoms with E-state index in [1.165, 1.54) is 84.3 Å². The molecule has 3 heterocycles. The number of hydrogen-bond acceptors (Lipinski definition) is 4. The third-order valence-electron chi connectivity index (χ3n) is 6.70. The zero-order valence-corrected chi connectivity index (χ0v) is 21.1. The second kappa shape index (κ2) is 14.0. The van der Waals surface area contributed by atoms with Gasteiger partial charge in [-0.05, 0) is 77.0 Å². The first kappa shape index (κ1) is 25.1. The molecule has 0 aromatic carbocycles. The lowest BCUT2D eigenvalue weighted by Gasteiger charge is -2.31. The van der Waals surface area contributed by atoms with Gasteiger partial charge in [-0.1, -0.05) is 6.42 Å². The first-order valence-electron chi connectivity index (χ1n) is 11.8. The Bertz CT molecular complexity index is 464. The Morgan fingerprint density at radius 2 is 1.69 bits per heavy atom. The molecule has 3 rings (SSSR count). The van der Waals surface area contributed by atoms with E-state index in [1.54, 1.807) is 7.11 Å². The number of rotatable bonds is 8. The molecule has 0 saturated carbocycles. The standard InChI is InChI=1S/C22H43N5O.HI/c1-3-23-22(24-17-20-7-12-25(13-8-20)15-16-28-2)27-14-9-21(19-27)18-26-10-5-4-6-11-26;/h20-21H,3-19H2,1-2H3,(H,23,24);1H. The van der Waals surface area contributed by atoms with E-state index in [-0.39, 0.29) is 24.0 Å². The van der Waals surface area contributed by atoms with Crippen LogP contribution in [0.15, 0.2) is 4.99 Å². The van der Waals surface area contributed by atoms with Gasteiger partial charge in [0.1, 0.15) is 0 Å². The van der Waals surface area contributed by atoms with Crippen LogP contribution in [0.5, 0.6) is 0 Å². The van der Waals surface area contributed by atoms with E-state index in [4.69, 9.17) is 9.73 Å². The Kier molecular flexibility index (Phi) is 12.2. The molecular formula is C22H44IN5O. The van der Waals surface area contributed by atoms with E-state index >= 15 is 0 Å². The van der Waals surface area contributed by atoms with Crippen molar-refractivity contribution in [2.45, 2.75) is 45.4 Å². The maximum absolute atomic E-state index is 5.21. The molecule has 0 aromatic rings. The van der Waals surface area contributed by atoms with Gasteiger partial charge in [0, 0.05) is 46.4 Å². The summed E-state index contributed by atoms with van der Waals surface area (Å²) in [7, 11) is 1.79. The topological polar surface area (TPSA) is 43.3 Å². The van der Waals surface area contributed by atoms with Gasteiger partial charge in [0.25, 0.3) is 0 Å². The molecule has 1 unspecified atom stereocenters. The largest absolute Gasteiger partial charge is 0.383 e. The number of hydrogen-bond donors (Lipinski definition) is 1. The highest BCUT2D eigenvalue weighted by Crippen LogP contribution is 2.21. The average molecular weight is 522 g/mol. The van der Waals surface area contributed by atoms with Crippen molar-refractivity contribution in [2.75, 3.05) is 79.2 Å². The number of likely N-dealkylation sites (tertiary alicyclic amines) is 3. The Morgan fingerprint density at radius 1 is 0.966 bits per heavy atom. The van der Waals surface area contributed by atoms with Crippen molar-refractivity contribution in [1.82, 2.24) is 20.0 Å². The smallest absolute Gasteiger partial charge is 0.193 e. The van der Waals surface area contributed by atoms with Crippen molar-refractivity contribution in [3.63, 3.8) is 0 Å². The highest BCUT2D eigenvalue weighted by Gasteiger charge is 2.27. The van der Waals surface area contributed by atoms with Crippen LogP contribution in [0.3, 0.4) is 0 Å². The zero-order chi connectivity index (χ0) is 19.6. The molecule has 0 bridgehead atoms. The fraction of sp³-hybridized carbons (Fsp3) is 0.955. The maximum Gasteiger partial charge on any atom is 0.193 e. The van der Waals surface area contributed by atoms with Crippen LogP contribution in [-0.4, -0.2) is 99.8 Å². The number of nitrogens with one attached hydrogen (secondary N) is 1. The van der Waals surface area contributed by atoms with Crippen molar-refractivity contribution in [1.29, 1.82) is 0 Å². The molecule has 0 amide bonds. The predicted molar refractivity (Wildman–Crippen MR) is 132 cm³/mol. The molecule has 7 heteroatoms. The van der Waals surface area contributed by atoms with Gasteiger partial charge < -0.3 is 24.8 Å². The van der Waals surface area contributed by atoms with Crippen molar-refractivity contribution in [3.8, 4) is 0 Å². The monoisotopic (exact) mass is 521 g/mol. The molecule has 1 atom stereocenters. The molecule has 170 valence electrons. The predicted octanol–water partition coefficient (Wildman–Crippen LogP) is 2.74. The van der Waals surface area contributed by atoms with Crippen molar-refractivity contribution >= 4 is 29.9 Å². The number of methoxy groups -OCH3 is 1. The van der Waals surface area contributed by atoms with E-state index in [1.807, 2.05) is 0 Å². The summed E-state index contributed by atoms with van der Waals surface area (Å²) in [5, 5.41) is 3.56. The van der Waals surface area contributed by atoms with Crippen LogP contribution < -0.4 is 5.32 Å². The highest BCUT2D eigenvalue weighted by molar-refractivity contribution is 14.0. The Labute approximate surface area is 195 Å². The summed E-state index contributed by atoms with van der Waals surface area (Å²) in [6.45, 7) is 14.7. The minimum atomic E-state index is 0. The van der Waals surface area contributed by atoms with Gasteiger partial charge in [-0.3, -0.25) is 4.99 Å². The third kappa shape index (κ3) is 8.50. The third-order valence-corrected chi connectivity index (χ3v) is 6.70. The molecule has 3 aliphatic heterocycles. The lowest BCUT2D eigenvalue weighted by atomic mass is 9.97. The summed E-state index contributed by atoms with van der Waals surface area (Å²) >= 11 is 0. The van der Waals surface area contributed by atoms with Crippen molar-refractivity contribution < 1.29 is 4.74 Å². The average Bonchev–Trinajstić information content (AvgIpc) is 3.19. The van der Waals surface area contributed by atoms with E-state index in [0.717, 1.165) is 44.0 Å². The van der Waals surface area contributed by atoms with Crippen LogP contribution in [-0.2, 0) is 4.74 Å². The second-order valence-electron chi connectivity index (χ2n) is 8.93. The highest BCUT2D eigenvalue weighted by atomic mass is 127. The summed E-state index contributed by atoms with van der Waals surface area (Å²) < 4.78 is 5.21. The Balaban J connectivity index is 0.00000300. The van der Waals surface area contributed by atoms with Crippen molar-refractivity contribution in [2.24, 2.45) is 16.8 Å². The normalized spacial score (nSPS) is 25.2. The fourth-order valence-electron chi connectivity index (χ4n) is 4.94. The summed E-state index contributed by atoms with van der Waals surface area (Å²) in [5.41, 5.74) is 0. The second-order valence-corrected chi connectivity index (χ2v) is 8.93. The van der Waals surface area contributed by atoms with E-state index in [9.17, 15) is 0 Å². The lowest BCUT2D eigenvalue weighted by Crippen LogP contribution is -2.42. The van der Waals surface area contributed by atoms with Crippen LogP contribution in [0.1, 0.15) is 45.4 Å². The fourth-order valence-corrected chi connectivity index (χ4v) is 4.94. The summed E-state index contributed by atoms with van der Waals surface area (Å²) in [6, 6.07) is 0. The van der Waals surface area contributed by atoms with Crippen molar-refractivity contribution in [3.05, 3.63) is 0 Å². The molecular weight excluding hydrogens is 477 g/mol. The zero-order valence-electron chi connectivity index (χ0n) is 18.8. The van der Waals surface area contributed by atoms with Crippen LogP contribution >= 0.6 is 24.0 Å². The molecule has 3 fully saturated rings. The maximum atomic E-state index is 5.21. The molecule has 6 nitrogen and oxygen atoms in total. The quantitative estimate of drug-likeness (QED) is 0.303. The van der Waals surface area contributed by atoms with Gasteiger partial charge in [0.15, 0.2) is 5.96 Å². The molecule has 3 saturated heterocycles. The SMILES string of the molecule is CCNC(=NCC1CCN(CCOC)CC1)N1CCC(CN2CCCCC2)C1.I. The van der Waals surface area contributed by atoms with Gasteiger partial charge in [0.2, 0.25) is 0 Å². The molecule has 3 aliphatic rings. The van der Waals surface area contributed by atoms with Crippen LogP contribution in [0.25, 0.3) is 0 Å². The number of guanidine groups is 1. The summed E-state index contributed by atoms with van der Waals surface area (Å²) in [6.07, 6.45) is 8.07. The van der Waals surface area contributed by atoms with E-state index in [2.05, 4.69) is 26.9 Å². The molecule has 29 heavy (non-hydrogen) atoms. The summed E-state index contributed by atoms with van der Waals surface area (Å²) in [4.78, 5) is 12.8. The van der Waals surface area contributed by atoms with E-state index in [0.29, 0.717) is 0 Å². The lowest BCUT2D eigenvalue weighted by molar-refractivity contribution is 0.121. The molecule has 0 aliphatic carbocycles. The first-order valence-corrected chi connectivity index (χ1v) is 11.8. The number of piperidine rings is 2. The number of ether oxygens (including phenoxy) is 1. The van der Waals surface area contributed by atoms with Gasteiger partial charge >= 0.3 is 0 Å². The first-order chi connectivity index (χ1) is 13.8. The summed E-state index contributed by atoms with van der Waals surface area (Å²) in [5.74, 6) is 2.70. The van der Waals surface area contributed by atoms with Gasteiger partial charge in [0.05, 0.1) is 6.61 Å². The van der Waals surface area contributed by atoms with Gasteiger partial charge in [-0.2, -0.15) is 0 Å². The minimum absolute atomic E-state index is 0.